The van der Waals surface area contributed by atoms with Crippen molar-refractivity contribution in [1.82, 2.24) is 24.8 Å². The molecule has 0 bridgehead atoms. The standard InChI is InChI=1S/C20H9F6N5/c21-19(22,23)14-6-3-12(4-7-14)16-10-17(20(24,25)26)31-18(29-16)13(11-28-31)5-8-15-2-1-9-27-30-15/h1-4,6-7,9-11H. The van der Waals surface area contributed by atoms with Crippen molar-refractivity contribution in [3.8, 4) is 23.1 Å². The van der Waals surface area contributed by atoms with Gasteiger partial charge in [-0.25, -0.2) is 9.50 Å². The minimum absolute atomic E-state index is 0.0787. The van der Waals surface area contributed by atoms with Crippen LogP contribution in [0.15, 0.2) is 54.9 Å². The Bertz CT molecular complexity index is 1300. The summed E-state index contributed by atoms with van der Waals surface area (Å²) in [7, 11) is 0. The monoisotopic (exact) mass is 433 g/mol. The average Bonchev–Trinajstić information content (AvgIpc) is 3.14. The van der Waals surface area contributed by atoms with Crippen LogP contribution in [0.4, 0.5) is 26.3 Å². The van der Waals surface area contributed by atoms with E-state index in [9.17, 15) is 26.3 Å². The molecule has 3 aromatic heterocycles. The van der Waals surface area contributed by atoms with Gasteiger partial charge >= 0.3 is 12.4 Å². The van der Waals surface area contributed by atoms with Crippen LogP contribution in [-0.2, 0) is 12.4 Å². The molecule has 0 saturated heterocycles. The predicted octanol–water partition coefficient (Wildman–Crippen LogP) is 4.62. The molecule has 0 spiro atoms. The maximum Gasteiger partial charge on any atom is 0.433 e. The Morgan fingerprint density at radius 1 is 0.871 bits per heavy atom. The lowest BCUT2D eigenvalue weighted by Gasteiger charge is -2.12. The Morgan fingerprint density at radius 3 is 2.23 bits per heavy atom. The highest BCUT2D eigenvalue weighted by Gasteiger charge is 2.36. The van der Waals surface area contributed by atoms with Gasteiger partial charge in [-0.2, -0.15) is 36.5 Å². The number of hydrogen-bond acceptors (Lipinski definition) is 4. The zero-order chi connectivity index (χ0) is 22.2. The van der Waals surface area contributed by atoms with Gasteiger partial charge in [-0.3, -0.25) is 0 Å². The number of aromatic nitrogens is 5. The van der Waals surface area contributed by atoms with E-state index in [2.05, 4.69) is 32.1 Å². The van der Waals surface area contributed by atoms with Crippen molar-refractivity contribution in [3.63, 3.8) is 0 Å². The largest absolute Gasteiger partial charge is 0.433 e. The lowest BCUT2D eigenvalue weighted by molar-refractivity contribution is -0.142. The second-order valence-corrected chi connectivity index (χ2v) is 6.25. The molecule has 0 aliphatic carbocycles. The normalized spacial score (nSPS) is 11.9. The van der Waals surface area contributed by atoms with Crippen LogP contribution in [0.25, 0.3) is 16.9 Å². The van der Waals surface area contributed by atoms with E-state index in [4.69, 9.17) is 0 Å². The number of rotatable bonds is 1. The van der Waals surface area contributed by atoms with Gasteiger partial charge < -0.3 is 0 Å². The van der Waals surface area contributed by atoms with Crippen LogP contribution in [0.1, 0.15) is 22.5 Å². The fourth-order valence-electron chi connectivity index (χ4n) is 2.73. The molecule has 0 aliphatic heterocycles. The van der Waals surface area contributed by atoms with Gasteiger partial charge in [-0.05, 0) is 36.3 Å². The van der Waals surface area contributed by atoms with Crippen LogP contribution in [-0.4, -0.2) is 24.8 Å². The van der Waals surface area contributed by atoms with Crippen molar-refractivity contribution >= 4 is 5.65 Å². The average molecular weight is 433 g/mol. The quantitative estimate of drug-likeness (QED) is 0.325. The highest BCUT2D eigenvalue weighted by molar-refractivity contribution is 5.66. The molecule has 31 heavy (non-hydrogen) atoms. The molecular weight excluding hydrogens is 424 g/mol. The molecule has 1 aromatic carbocycles. The first-order valence-electron chi connectivity index (χ1n) is 8.56. The summed E-state index contributed by atoms with van der Waals surface area (Å²) >= 11 is 0. The zero-order valence-corrected chi connectivity index (χ0v) is 15.2. The number of nitrogens with zero attached hydrogens (tertiary/aromatic N) is 5. The number of alkyl halides is 6. The van der Waals surface area contributed by atoms with Crippen LogP contribution in [0.3, 0.4) is 0 Å². The van der Waals surface area contributed by atoms with Crippen molar-refractivity contribution < 1.29 is 26.3 Å². The molecule has 0 aliphatic rings. The fourth-order valence-corrected chi connectivity index (χ4v) is 2.73. The van der Waals surface area contributed by atoms with E-state index in [0.717, 1.165) is 36.5 Å². The molecule has 0 unspecified atom stereocenters. The molecule has 5 nitrogen and oxygen atoms in total. The van der Waals surface area contributed by atoms with Crippen molar-refractivity contribution in [2.75, 3.05) is 0 Å². The molecule has 0 amide bonds. The highest BCUT2D eigenvalue weighted by atomic mass is 19.4. The van der Waals surface area contributed by atoms with Gasteiger partial charge in [0.1, 0.15) is 5.69 Å². The molecule has 11 heteroatoms. The minimum Gasteiger partial charge on any atom is -0.227 e. The molecule has 0 radical (unpaired) electrons. The van der Waals surface area contributed by atoms with Gasteiger partial charge in [0, 0.05) is 11.8 Å². The predicted molar refractivity (Wildman–Crippen MR) is 96.4 cm³/mol. The summed E-state index contributed by atoms with van der Waals surface area (Å²) < 4.78 is 79.8. The highest BCUT2D eigenvalue weighted by Crippen LogP contribution is 2.34. The van der Waals surface area contributed by atoms with Crippen molar-refractivity contribution in [2.24, 2.45) is 0 Å². The maximum atomic E-state index is 13.6. The van der Waals surface area contributed by atoms with Crippen LogP contribution >= 0.6 is 0 Å². The summed E-state index contributed by atoms with van der Waals surface area (Å²) in [5.74, 6) is 5.31. The topological polar surface area (TPSA) is 56.0 Å². The van der Waals surface area contributed by atoms with Crippen LogP contribution in [0.5, 0.6) is 0 Å². The molecule has 156 valence electrons. The Hall–Kier alpha value is -3.94. The van der Waals surface area contributed by atoms with E-state index in [1.165, 1.54) is 6.20 Å². The van der Waals surface area contributed by atoms with Gasteiger partial charge in [0.25, 0.3) is 0 Å². The molecule has 0 fully saturated rings. The third kappa shape index (κ3) is 4.18. The van der Waals surface area contributed by atoms with E-state index in [0.29, 0.717) is 4.52 Å². The summed E-state index contributed by atoms with van der Waals surface area (Å²) in [5, 5.41) is 11.1. The van der Waals surface area contributed by atoms with Gasteiger partial charge in [-0.15, -0.1) is 5.10 Å². The van der Waals surface area contributed by atoms with Crippen LogP contribution in [0.2, 0.25) is 0 Å². The smallest absolute Gasteiger partial charge is 0.227 e. The molecule has 4 aromatic rings. The van der Waals surface area contributed by atoms with Crippen LogP contribution in [0, 0.1) is 11.8 Å². The first-order chi connectivity index (χ1) is 14.6. The Kier molecular flexibility index (Phi) is 4.85. The summed E-state index contributed by atoms with van der Waals surface area (Å²) in [5.41, 5.74) is -1.97. The molecular formula is C20H9F6N5. The molecule has 3 heterocycles. The number of hydrogen-bond donors (Lipinski definition) is 0. The molecule has 0 N–H and O–H groups in total. The van der Waals surface area contributed by atoms with Crippen molar-refractivity contribution in [2.45, 2.75) is 12.4 Å². The summed E-state index contributed by atoms with van der Waals surface area (Å²) in [6, 6.07) is 7.55. The van der Waals surface area contributed by atoms with Crippen LogP contribution < -0.4 is 0 Å². The molecule has 4 rings (SSSR count). The van der Waals surface area contributed by atoms with Gasteiger partial charge in [0.2, 0.25) is 0 Å². The van der Waals surface area contributed by atoms with Crippen molar-refractivity contribution in [1.29, 1.82) is 0 Å². The van der Waals surface area contributed by atoms with Gasteiger partial charge in [0.05, 0.1) is 23.0 Å². The lowest BCUT2D eigenvalue weighted by Crippen LogP contribution is -2.13. The summed E-state index contributed by atoms with van der Waals surface area (Å²) in [4.78, 5) is 4.16. The fraction of sp³-hybridized carbons (Fsp3) is 0.100. The first-order valence-corrected chi connectivity index (χ1v) is 8.56. The Balaban J connectivity index is 1.86. The van der Waals surface area contributed by atoms with E-state index in [-0.39, 0.29) is 28.2 Å². The zero-order valence-electron chi connectivity index (χ0n) is 15.2. The third-order valence-corrected chi connectivity index (χ3v) is 4.17. The van der Waals surface area contributed by atoms with Gasteiger partial charge in [0.15, 0.2) is 11.3 Å². The second kappa shape index (κ2) is 7.39. The minimum atomic E-state index is -4.79. The van der Waals surface area contributed by atoms with E-state index >= 15 is 0 Å². The lowest BCUT2D eigenvalue weighted by atomic mass is 10.1. The van der Waals surface area contributed by atoms with E-state index in [1.54, 1.807) is 12.1 Å². The first kappa shape index (κ1) is 20.3. The number of benzene rings is 1. The molecule has 0 saturated carbocycles. The summed E-state index contributed by atoms with van der Waals surface area (Å²) in [6.07, 6.45) is -6.80. The Labute approximate surface area is 170 Å². The SMILES string of the molecule is FC(F)(F)c1ccc(-c2cc(C(F)(F)F)n3ncc(C#Cc4cccnn4)c3n2)cc1. The Morgan fingerprint density at radius 2 is 1.61 bits per heavy atom. The van der Waals surface area contributed by atoms with Gasteiger partial charge in [-0.1, -0.05) is 18.1 Å². The van der Waals surface area contributed by atoms with Crippen molar-refractivity contribution in [3.05, 3.63) is 77.4 Å². The number of halogens is 6. The summed E-state index contributed by atoms with van der Waals surface area (Å²) in [6.45, 7) is 0. The number of fused-ring (bicyclic) bond motifs is 1. The second-order valence-electron chi connectivity index (χ2n) is 6.25. The molecule has 0 atom stereocenters. The maximum absolute atomic E-state index is 13.6. The van der Waals surface area contributed by atoms with E-state index < -0.39 is 23.6 Å². The van der Waals surface area contributed by atoms with E-state index in [1.807, 2.05) is 0 Å². The third-order valence-electron chi connectivity index (χ3n) is 4.17.